The first kappa shape index (κ1) is 19.7. The molecule has 0 aliphatic carbocycles. The van der Waals surface area contributed by atoms with Crippen LogP contribution in [0.4, 0.5) is 13.2 Å². The molecule has 0 bridgehead atoms. The summed E-state index contributed by atoms with van der Waals surface area (Å²) in [5.41, 5.74) is 0.296. The van der Waals surface area contributed by atoms with E-state index in [1.807, 2.05) is 0 Å². The fraction of sp³-hybridized carbons (Fsp3) is 0.400. The first-order valence-electron chi connectivity index (χ1n) is 8.89. The topological polar surface area (TPSA) is 33.2 Å². The van der Waals surface area contributed by atoms with Crippen LogP contribution in [-0.2, 0) is 11.9 Å². The van der Waals surface area contributed by atoms with E-state index in [0.29, 0.717) is 17.3 Å². The van der Waals surface area contributed by atoms with Crippen LogP contribution in [0.25, 0.3) is 0 Å². The Labute approximate surface area is 161 Å². The Morgan fingerprint density at radius 1 is 1.15 bits per heavy atom. The van der Waals surface area contributed by atoms with Crippen LogP contribution in [0, 0.1) is 5.92 Å². The second-order valence-corrected chi connectivity index (χ2v) is 7.79. The summed E-state index contributed by atoms with van der Waals surface area (Å²) in [6.45, 7) is 3.62. The largest absolute Gasteiger partial charge is 0.417 e. The lowest BCUT2D eigenvalue weighted by Crippen LogP contribution is -2.38. The van der Waals surface area contributed by atoms with Crippen molar-refractivity contribution in [2.24, 2.45) is 5.92 Å². The number of nitrogens with zero attached hydrogens (tertiary/aromatic N) is 2. The van der Waals surface area contributed by atoms with Gasteiger partial charge >= 0.3 is 6.18 Å². The van der Waals surface area contributed by atoms with Crippen LogP contribution >= 0.6 is 11.8 Å². The third kappa shape index (κ3) is 5.03. The third-order valence-electron chi connectivity index (χ3n) is 4.66. The van der Waals surface area contributed by atoms with Crippen LogP contribution in [0.3, 0.4) is 0 Å². The molecule has 1 aliphatic heterocycles. The maximum Gasteiger partial charge on any atom is 0.417 e. The van der Waals surface area contributed by atoms with E-state index in [-0.39, 0.29) is 16.6 Å². The summed E-state index contributed by atoms with van der Waals surface area (Å²) in [6, 6.07) is 10.6. The number of benzene rings is 1. The van der Waals surface area contributed by atoms with Crippen LogP contribution in [0.1, 0.15) is 41.5 Å². The highest BCUT2D eigenvalue weighted by Crippen LogP contribution is 2.37. The van der Waals surface area contributed by atoms with Gasteiger partial charge in [0.25, 0.3) is 5.91 Å². The number of pyridine rings is 1. The zero-order chi connectivity index (χ0) is 19.4. The van der Waals surface area contributed by atoms with Crippen molar-refractivity contribution < 1.29 is 18.0 Å². The van der Waals surface area contributed by atoms with Crippen LogP contribution in [-0.4, -0.2) is 28.9 Å². The number of halogens is 3. The Hall–Kier alpha value is -2.02. The molecule has 0 radical (unpaired) electrons. The number of hydrogen-bond donors (Lipinski definition) is 0. The zero-order valence-electron chi connectivity index (χ0n) is 15.0. The normalized spacial score (nSPS) is 15.8. The van der Waals surface area contributed by atoms with E-state index >= 15 is 0 Å². The van der Waals surface area contributed by atoms with Crippen LogP contribution in [0.2, 0.25) is 0 Å². The van der Waals surface area contributed by atoms with Gasteiger partial charge in [-0.1, -0.05) is 25.1 Å². The number of carbonyl (C=O) groups excluding carboxylic acids is 1. The Balaban J connectivity index is 1.69. The highest BCUT2D eigenvalue weighted by Gasteiger charge is 2.33. The number of aromatic nitrogens is 1. The number of thioether (sulfide) groups is 1. The predicted molar refractivity (Wildman–Crippen MR) is 99.5 cm³/mol. The number of amides is 1. The minimum absolute atomic E-state index is 0.107. The number of rotatable bonds is 4. The summed E-state index contributed by atoms with van der Waals surface area (Å²) in [5.74, 6) is 0.786. The molecule has 144 valence electrons. The van der Waals surface area contributed by atoms with Crippen molar-refractivity contribution in [1.29, 1.82) is 0 Å². The van der Waals surface area contributed by atoms with Crippen LogP contribution in [0.15, 0.2) is 47.4 Å². The minimum atomic E-state index is -4.39. The second-order valence-electron chi connectivity index (χ2n) is 6.77. The molecular formula is C20H21F3N2OS. The van der Waals surface area contributed by atoms with E-state index in [1.165, 1.54) is 12.1 Å². The molecule has 0 atom stereocenters. The van der Waals surface area contributed by atoms with E-state index in [2.05, 4.69) is 11.9 Å². The van der Waals surface area contributed by atoms with E-state index in [1.54, 1.807) is 29.2 Å². The van der Waals surface area contributed by atoms with Gasteiger partial charge in [-0.05, 0) is 43.0 Å². The average Bonchev–Trinajstić information content (AvgIpc) is 2.66. The summed E-state index contributed by atoms with van der Waals surface area (Å²) < 4.78 is 39.3. The fourth-order valence-corrected chi connectivity index (χ4v) is 4.01. The van der Waals surface area contributed by atoms with Crippen molar-refractivity contribution in [2.45, 2.75) is 36.6 Å². The number of carbonyl (C=O) groups is 1. The molecule has 27 heavy (non-hydrogen) atoms. The molecule has 0 unspecified atom stereocenters. The monoisotopic (exact) mass is 394 g/mol. The molecule has 2 aromatic rings. The molecule has 3 rings (SSSR count). The molecular weight excluding hydrogens is 373 g/mol. The van der Waals surface area contributed by atoms with E-state index in [9.17, 15) is 18.0 Å². The standard InChI is InChI=1S/C20H21F3N2OS/c1-14-9-11-25(12-10-14)19(26)17-7-4-5-15(24-17)13-27-18-8-3-2-6-16(18)20(21,22)23/h2-8,14H,9-13H2,1H3. The summed E-state index contributed by atoms with van der Waals surface area (Å²) >= 11 is 1.08. The Morgan fingerprint density at radius 3 is 2.56 bits per heavy atom. The average molecular weight is 394 g/mol. The highest BCUT2D eigenvalue weighted by atomic mass is 32.2. The van der Waals surface area contributed by atoms with Gasteiger partial charge in [-0.15, -0.1) is 11.8 Å². The Morgan fingerprint density at radius 2 is 1.85 bits per heavy atom. The smallest absolute Gasteiger partial charge is 0.337 e. The molecule has 7 heteroatoms. The minimum Gasteiger partial charge on any atom is -0.337 e. The third-order valence-corrected chi connectivity index (χ3v) is 5.77. The number of piperidine rings is 1. The number of alkyl halides is 3. The molecule has 1 aromatic carbocycles. The summed E-state index contributed by atoms with van der Waals surface area (Å²) in [4.78, 5) is 19.0. The van der Waals surface area contributed by atoms with Crippen LogP contribution in [0.5, 0.6) is 0 Å². The molecule has 0 saturated carbocycles. The lowest BCUT2D eigenvalue weighted by molar-refractivity contribution is -0.139. The first-order valence-corrected chi connectivity index (χ1v) is 9.87. The van der Waals surface area contributed by atoms with Gasteiger partial charge in [-0.2, -0.15) is 13.2 Å². The predicted octanol–water partition coefficient (Wildman–Crippen LogP) is 5.26. The van der Waals surface area contributed by atoms with Crippen molar-refractivity contribution in [1.82, 2.24) is 9.88 Å². The zero-order valence-corrected chi connectivity index (χ0v) is 15.8. The maximum absolute atomic E-state index is 13.1. The Kier molecular flexibility index (Phi) is 6.09. The molecule has 1 fully saturated rings. The van der Waals surface area contributed by atoms with Crippen molar-refractivity contribution in [2.75, 3.05) is 13.1 Å². The molecule has 2 heterocycles. The number of hydrogen-bond acceptors (Lipinski definition) is 3. The van der Waals surface area contributed by atoms with Crippen molar-refractivity contribution >= 4 is 17.7 Å². The summed E-state index contributed by atoms with van der Waals surface area (Å²) in [7, 11) is 0. The molecule has 1 saturated heterocycles. The Bertz CT molecular complexity index is 802. The quantitative estimate of drug-likeness (QED) is 0.663. The first-order chi connectivity index (χ1) is 12.8. The van der Waals surface area contributed by atoms with Gasteiger partial charge in [0.15, 0.2) is 0 Å². The van der Waals surface area contributed by atoms with Gasteiger partial charge in [0.1, 0.15) is 5.69 Å². The fourth-order valence-electron chi connectivity index (χ4n) is 3.03. The lowest BCUT2D eigenvalue weighted by atomic mass is 9.99. The van der Waals surface area contributed by atoms with Gasteiger partial charge in [0.05, 0.1) is 11.3 Å². The van der Waals surface area contributed by atoms with E-state index in [4.69, 9.17) is 0 Å². The molecule has 3 nitrogen and oxygen atoms in total. The summed E-state index contributed by atoms with van der Waals surface area (Å²) in [6.07, 6.45) is -2.43. The van der Waals surface area contributed by atoms with Gasteiger partial charge in [-0.25, -0.2) is 4.98 Å². The molecule has 0 spiro atoms. The lowest BCUT2D eigenvalue weighted by Gasteiger charge is -2.30. The highest BCUT2D eigenvalue weighted by molar-refractivity contribution is 7.98. The molecule has 1 aliphatic rings. The summed E-state index contributed by atoms with van der Waals surface area (Å²) in [5, 5.41) is 0. The molecule has 0 N–H and O–H groups in total. The van der Waals surface area contributed by atoms with Gasteiger partial charge in [0.2, 0.25) is 0 Å². The van der Waals surface area contributed by atoms with Crippen molar-refractivity contribution in [3.8, 4) is 0 Å². The van der Waals surface area contributed by atoms with Gasteiger partial charge < -0.3 is 4.90 Å². The second kappa shape index (κ2) is 8.33. The maximum atomic E-state index is 13.1. The van der Waals surface area contributed by atoms with Crippen molar-refractivity contribution in [3.63, 3.8) is 0 Å². The van der Waals surface area contributed by atoms with Gasteiger partial charge in [-0.3, -0.25) is 4.79 Å². The number of likely N-dealkylation sites (tertiary alicyclic amines) is 1. The van der Waals surface area contributed by atoms with E-state index in [0.717, 1.165) is 43.8 Å². The molecule has 1 amide bonds. The van der Waals surface area contributed by atoms with Crippen molar-refractivity contribution in [3.05, 3.63) is 59.4 Å². The molecule has 1 aromatic heterocycles. The SMILES string of the molecule is CC1CCN(C(=O)c2cccc(CSc3ccccc3C(F)(F)F)n2)CC1. The van der Waals surface area contributed by atoms with Crippen LogP contribution < -0.4 is 0 Å². The van der Waals surface area contributed by atoms with E-state index < -0.39 is 11.7 Å². The van der Waals surface area contributed by atoms with Gasteiger partial charge in [0, 0.05) is 23.7 Å².